The Hall–Kier alpha value is -0.710. The lowest BCUT2D eigenvalue weighted by Crippen LogP contribution is -2.01. The standard InChI is InChI=1S/C11H11F4S/c1-2-3-4-8-7-9(12)5-6-10(8)16-11(13,14)15/h5-7H,1-4H2. The molecule has 0 spiro atoms. The van der Waals surface area contributed by atoms with E-state index in [0.29, 0.717) is 24.8 Å². The molecule has 5 heteroatoms. The van der Waals surface area contributed by atoms with Gasteiger partial charge in [-0.1, -0.05) is 13.3 Å². The third-order valence-corrected chi connectivity index (χ3v) is 2.79. The number of hydrogen-bond acceptors (Lipinski definition) is 1. The van der Waals surface area contributed by atoms with Crippen LogP contribution < -0.4 is 0 Å². The number of hydrogen-bond donors (Lipinski definition) is 0. The molecule has 0 saturated carbocycles. The highest BCUT2D eigenvalue weighted by atomic mass is 32.2. The van der Waals surface area contributed by atoms with E-state index < -0.39 is 11.3 Å². The number of benzene rings is 1. The average molecular weight is 251 g/mol. The molecule has 0 fully saturated rings. The van der Waals surface area contributed by atoms with Gasteiger partial charge in [-0.3, -0.25) is 0 Å². The maximum Gasteiger partial charge on any atom is 0.446 e. The first-order chi connectivity index (χ1) is 7.42. The highest BCUT2D eigenvalue weighted by molar-refractivity contribution is 8.00. The van der Waals surface area contributed by atoms with E-state index in [2.05, 4.69) is 6.92 Å². The van der Waals surface area contributed by atoms with Gasteiger partial charge in [0.05, 0.1) is 0 Å². The van der Waals surface area contributed by atoms with Crippen LogP contribution in [0.3, 0.4) is 0 Å². The minimum absolute atomic E-state index is 0.0716. The Morgan fingerprint density at radius 3 is 2.50 bits per heavy atom. The van der Waals surface area contributed by atoms with E-state index in [1.807, 2.05) is 0 Å². The Balaban J connectivity index is 2.89. The normalized spacial score (nSPS) is 11.8. The molecule has 16 heavy (non-hydrogen) atoms. The van der Waals surface area contributed by atoms with Gasteiger partial charge in [0, 0.05) is 4.90 Å². The van der Waals surface area contributed by atoms with Crippen molar-refractivity contribution in [2.45, 2.75) is 29.7 Å². The number of thioether (sulfide) groups is 1. The number of rotatable bonds is 4. The van der Waals surface area contributed by atoms with E-state index in [0.717, 1.165) is 12.1 Å². The van der Waals surface area contributed by atoms with E-state index in [1.165, 1.54) is 6.07 Å². The summed E-state index contributed by atoms with van der Waals surface area (Å²) >= 11 is -0.201. The van der Waals surface area contributed by atoms with Crippen LogP contribution in [-0.4, -0.2) is 5.51 Å². The second-order valence-corrected chi connectivity index (χ2v) is 4.36. The molecule has 0 aliphatic rings. The van der Waals surface area contributed by atoms with Crippen LogP contribution in [0.25, 0.3) is 0 Å². The van der Waals surface area contributed by atoms with Crippen molar-refractivity contribution < 1.29 is 17.6 Å². The van der Waals surface area contributed by atoms with Crippen molar-refractivity contribution in [3.05, 3.63) is 36.5 Å². The van der Waals surface area contributed by atoms with Crippen molar-refractivity contribution in [2.24, 2.45) is 0 Å². The Morgan fingerprint density at radius 2 is 1.94 bits per heavy atom. The van der Waals surface area contributed by atoms with Gasteiger partial charge in [0.1, 0.15) is 5.82 Å². The number of alkyl halides is 3. The molecule has 0 saturated heterocycles. The van der Waals surface area contributed by atoms with Crippen molar-refractivity contribution in [3.63, 3.8) is 0 Å². The second kappa shape index (κ2) is 5.57. The molecule has 0 unspecified atom stereocenters. The van der Waals surface area contributed by atoms with Gasteiger partial charge in [-0.25, -0.2) is 4.39 Å². The lowest BCUT2D eigenvalue weighted by atomic mass is 10.1. The van der Waals surface area contributed by atoms with Crippen LogP contribution in [0.15, 0.2) is 23.1 Å². The van der Waals surface area contributed by atoms with E-state index >= 15 is 0 Å². The molecule has 1 aromatic rings. The fraction of sp³-hybridized carbons (Fsp3) is 0.364. The molecule has 1 rings (SSSR count). The van der Waals surface area contributed by atoms with Gasteiger partial charge in [0.2, 0.25) is 0 Å². The van der Waals surface area contributed by atoms with Crippen molar-refractivity contribution in [1.29, 1.82) is 0 Å². The summed E-state index contributed by atoms with van der Waals surface area (Å²) in [5, 5.41) is 0. The fourth-order valence-electron chi connectivity index (χ4n) is 1.28. The number of unbranched alkanes of at least 4 members (excludes halogenated alkanes) is 1. The quantitative estimate of drug-likeness (QED) is 0.557. The minimum Gasteiger partial charge on any atom is -0.207 e. The molecule has 0 heterocycles. The summed E-state index contributed by atoms with van der Waals surface area (Å²) in [6, 6.07) is 3.37. The molecule has 0 aromatic heterocycles. The Morgan fingerprint density at radius 1 is 1.25 bits per heavy atom. The highest BCUT2D eigenvalue weighted by Gasteiger charge is 2.30. The van der Waals surface area contributed by atoms with Gasteiger partial charge in [-0.2, -0.15) is 13.2 Å². The molecule has 0 aliphatic heterocycles. The van der Waals surface area contributed by atoms with Crippen LogP contribution in [0.4, 0.5) is 17.6 Å². The topological polar surface area (TPSA) is 0 Å². The minimum atomic E-state index is -4.34. The molecular formula is C11H11F4S. The first-order valence-corrected chi connectivity index (χ1v) is 5.57. The van der Waals surface area contributed by atoms with Crippen LogP contribution in [0.1, 0.15) is 18.4 Å². The smallest absolute Gasteiger partial charge is 0.207 e. The number of aryl methyl sites for hydroxylation is 1. The van der Waals surface area contributed by atoms with Crippen molar-refractivity contribution in [1.82, 2.24) is 0 Å². The molecule has 89 valence electrons. The predicted molar refractivity (Wildman–Crippen MR) is 56.6 cm³/mol. The summed E-state index contributed by atoms with van der Waals surface area (Å²) in [5.74, 6) is -0.509. The van der Waals surface area contributed by atoms with Crippen molar-refractivity contribution >= 4 is 11.8 Å². The summed E-state index contributed by atoms with van der Waals surface area (Å²) in [6.07, 6.45) is 1.68. The summed E-state index contributed by atoms with van der Waals surface area (Å²) in [5.41, 5.74) is -3.94. The highest BCUT2D eigenvalue weighted by Crippen LogP contribution is 2.39. The van der Waals surface area contributed by atoms with Crippen molar-refractivity contribution in [3.8, 4) is 0 Å². The van der Waals surface area contributed by atoms with E-state index in [-0.39, 0.29) is 16.7 Å². The molecule has 0 aliphatic carbocycles. The van der Waals surface area contributed by atoms with Crippen LogP contribution in [0.2, 0.25) is 0 Å². The molecule has 1 aromatic carbocycles. The molecule has 0 amide bonds. The van der Waals surface area contributed by atoms with E-state index in [4.69, 9.17) is 0 Å². The van der Waals surface area contributed by atoms with Crippen LogP contribution >= 0.6 is 11.8 Å². The largest absolute Gasteiger partial charge is 0.446 e. The molecule has 0 bridgehead atoms. The van der Waals surface area contributed by atoms with E-state index in [1.54, 1.807) is 0 Å². The number of halogens is 4. The van der Waals surface area contributed by atoms with E-state index in [9.17, 15) is 17.6 Å². The first kappa shape index (κ1) is 13.4. The third-order valence-electron chi connectivity index (χ3n) is 1.94. The summed E-state index contributed by atoms with van der Waals surface area (Å²) in [7, 11) is 0. The van der Waals surface area contributed by atoms with Gasteiger partial charge in [-0.15, -0.1) is 0 Å². The zero-order valence-corrected chi connectivity index (χ0v) is 9.30. The Kier molecular flexibility index (Phi) is 4.65. The summed E-state index contributed by atoms with van der Waals surface area (Å²) in [4.78, 5) is 0.0716. The van der Waals surface area contributed by atoms with Crippen LogP contribution in [0.5, 0.6) is 0 Å². The van der Waals surface area contributed by atoms with Crippen LogP contribution in [0, 0.1) is 12.7 Å². The molecular weight excluding hydrogens is 240 g/mol. The van der Waals surface area contributed by atoms with Gasteiger partial charge in [-0.05, 0) is 48.4 Å². The lowest BCUT2D eigenvalue weighted by molar-refractivity contribution is -0.0328. The van der Waals surface area contributed by atoms with Crippen molar-refractivity contribution in [2.75, 3.05) is 0 Å². The summed E-state index contributed by atoms with van der Waals surface area (Å²) < 4.78 is 49.5. The zero-order valence-electron chi connectivity index (χ0n) is 8.48. The van der Waals surface area contributed by atoms with Gasteiger partial charge < -0.3 is 0 Å². The SMILES string of the molecule is [CH2]CCCc1cc(F)ccc1SC(F)(F)F. The van der Waals surface area contributed by atoms with Crippen LogP contribution in [-0.2, 0) is 6.42 Å². The lowest BCUT2D eigenvalue weighted by Gasteiger charge is -2.10. The predicted octanol–water partition coefficient (Wildman–Crippen LogP) is 4.59. The average Bonchev–Trinajstić information content (AvgIpc) is 2.16. The molecule has 0 nitrogen and oxygen atoms in total. The molecule has 1 radical (unpaired) electrons. The maximum absolute atomic E-state index is 12.9. The maximum atomic E-state index is 12.9. The second-order valence-electron chi connectivity index (χ2n) is 3.26. The molecule has 0 atom stereocenters. The van der Waals surface area contributed by atoms with Gasteiger partial charge >= 0.3 is 5.51 Å². The van der Waals surface area contributed by atoms with Gasteiger partial charge in [0.25, 0.3) is 0 Å². The van der Waals surface area contributed by atoms with Gasteiger partial charge in [0.15, 0.2) is 0 Å². The Bertz CT molecular complexity index is 346. The third kappa shape index (κ3) is 4.43. The monoisotopic (exact) mass is 251 g/mol. The zero-order chi connectivity index (χ0) is 12.2. The first-order valence-electron chi connectivity index (χ1n) is 4.76. The fourth-order valence-corrected chi connectivity index (χ4v) is 1.96. The Labute approximate surface area is 96.0 Å². The molecule has 0 N–H and O–H groups in total. The summed E-state index contributed by atoms with van der Waals surface area (Å²) in [6.45, 7) is 3.60.